The maximum Gasteiger partial charge on any atom is 0.327 e. The van der Waals surface area contributed by atoms with E-state index in [1.54, 1.807) is 0 Å². The summed E-state index contributed by atoms with van der Waals surface area (Å²) in [5, 5.41) is 11.7. The van der Waals surface area contributed by atoms with Crippen molar-refractivity contribution in [1.82, 2.24) is 0 Å². The first-order valence-corrected chi connectivity index (χ1v) is 23.6. The fraction of sp³-hybridized carbons (Fsp3) is 0.321. The minimum atomic E-state index is -2.90. The highest BCUT2D eigenvalue weighted by molar-refractivity contribution is 7.39. The molecule has 0 spiro atoms. The molecule has 0 fully saturated rings. The van der Waals surface area contributed by atoms with Gasteiger partial charge in [-0.15, -0.1) is 0 Å². The van der Waals surface area contributed by atoms with Crippen molar-refractivity contribution < 1.29 is 38.5 Å². The normalized spacial score (nSPS) is 13.4. The molecule has 0 heterocycles. The van der Waals surface area contributed by atoms with E-state index in [1.165, 1.54) is 0 Å². The molecule has 0 radical (unpaired) electrons. The average molecular weight is 889 g/mol. The Kier molecular flexibility index (Phi) is 15.2. The van der Waals surface area contributed by atoms with Crippen LogP contribution in [0.2, 0.25) is 0 Å². The van der Waals surface area contributed by atoms with Crippen LogP contribution in [-0.4, -0.2) is 44.5 Å². The van der Waals surface area contributed by atoms with Gasteiger partial charge in [0, 0.05) is 27.2 Å². The van der Waals surface area contributed by atoms with Gasteiger partial charge >= 0.3 is 17.2 Å². The second-order valence-electron chi connectivity index (χ2n) is 18.5. The van der Waals surface area contributed by atoms with Crippen LogP contribution in [0.25, 0.3) is 0 Å². The summed E-state index contributed by atoms with van der Waals surface area (Å²) in [5.41, 5.74) is 5.16. The SMILES string of the molecule is CC(C)(c1ccccc1)c1ccc(OC(c2ccc(C(C)(C)c3ccccc3)cc2C(C)(C)c2ccccc2)C(CO)(COP(O)O)COP(O)O)c(C(C)(C)c2ccccc2)c1. The summed E-state index contributed by atoms with van der Waals surface area (Å²) in [6, 6.07) is 53.6. The lowest BCUT2D eigenvalue weighted by Crippen LogP contribution is -2.45. The highest BCUT2D eigenvalue weighted by atomic mass is 31.2. The maximum atomic E-state index is 11.7. The highest BCUT2D eigenvalue weighted by Crippen LogP contribution is 2.50. The highest BCUT2D eigenvalue weighted by Gasteiger charge is 2.47. The summed E-state index contributed by atoms with van der Waals surface area (Å²) >= 11 is 0. The molecule has 0 bridgehead atoms. The minimum Gasteiger partial charge on any atom is -0.485 e. The first kappa shape index (κ1) is 48.2. The number of rotatable bonds is 19. The Morgan fingerprint density at radius 3 is 1.16 bits per heavy atom. The predicted octanol–water partition coefficient (Wildman–Crippen LogP) is 11.5. The predicted molar refractivity (Wildman–Crippen MR) is 255 cm³/mol. The Morgan fingerprint density at radius 1 is 0.429 bits per heavy atom. The zero-order chi connectivity index (χ0) is 45.6. The van der Waals surface area contributed by atoms with Crippen molar-refractivity contribution >= 4 is 17.2 Å². The molecule has 5 N–H and O–H groups in total. The lowest BCUT2D eigenvalue weighted by atomic mass is 9.68. The van der Waals surface area contributed by atoms with Crippen LogP contribution in [0, 0.1) is 5.41 Å². The quantitative estimate of drug-likeness (QED) is 0.0509. The summed E-state index contributed by atoms with van der Waals surface area (Å²) in [5.74, 6) is 0.516. The third-order valence-corrected chi connectivity index (χ3v) is 13.9. The molecule has 1 atom stereocenters. The zero-order valence-corrected chi connectivity index (χ0v) is 39.4. The molecule has 0 aliphatic heterocycles. The molecule has 0 saturated carbocycles. The number of aliphatic hydroxyl groups is 1. The van der Waals surface area contributed by atoms with Gasteiger partial charge in [-0.2, -0.15) is 0 Å². The van der Waals surface area contributed by atoms with Crippen LogP contribution in [0.5, 0.6) is 5.75 Å². The zero-order valence-electron chi connectivity index (χ0n) is 37.6. The number of hydrogen-bond donors (Lipinski definition) is 5. The van der Waals surface area contributed by atoms with Crippen molar-refractivity contribution in [2.24, 2.45) is 5.41 Å². The van der Waals surface area contributed by atoms with Crippen LogP contribution >= 0.6 is 17.2 Å². The summed E-state index contributed by atoms with van der Waals surface area (Å²) in [4.78, 5) is 40.9. The van der Waals surface area contributed by atoms with Crippen molar-refractivity contribution in [3.63, 3.8) is 0 Å². The van der Waals surface area contributed by atoms with E-state index in [0.717, 1.165) is 44.5 Å². The van der Waals surface area contributed by atoms with Gasteiger partial charge in [-0.05, 0) is 50.6 Å². The van der Waals surface area contributed by atoms with E-state index in [4.69, 9.17) is 13.8 Å². The van der Waals surface area contributed by atoms with Gasteiger partial charge in [0.1, 0.15) is 11.9 Å². The topological polar surface area (TPSA) is 129 Å². The molecule has 6 rings (SSSR count). The maximum absolute atomic E-state index is 11.7. The van der Waals surface area contributed by atoms with E-state index >= 15 is 0 Å². The lowest BCUT2D eigenvalue weighted by molar-refractivity contribution is -0.0663. The number of aliphatic hydroxyl groups excluding tert-OH is 1. The summed E-state index contributed by atoms with van der Waals surface area (Å²) in [7, 11) is -5.80. The van der Waals surface area contributed by atoms with E-state index in [1.807, 2.05) is 84.9 Å². The summed E-state index contributed by atoms with van der Waals surface area (Å²) < 4.78 is 18.7. The van der Waals surface area contributed by atoms with Gasteiger partial charge in [-0.3, -0.25) is 0 Å². The molecule has 0 amide bonds. The number of benzene rings is 6. The average Bonchev–Trinajstić information content (AvgIpc) is 3.29. The molecule has 0 aromatic heterocycles. The molecular weight excluding hydrogens is 827 g/mol. The molecular formula is C53H62O8P2. The van der Waals surface area contributed by atoms with Crippen molar-refractivity contribution in [3.8, 4) is 5.75 Å². The van der Waals surface area contributed by atoms with Crippen molar-refractivity contribution in [1.29, 1.82) is 0 Å². The largest absolute Gasteiger partial charge is 0.485 e. The van der Waals surface area contributed by atoms with Crippen LogP contribution in [0.1, 0.15) is 112 Å². The van der Waals surface area contributed by atoms with E-state index in [2.05, 4.69) is 128 Å². The van der Waals surface area contributed by atoms with Crippen molar-refractivity contribution in [2.45, 2.75) is 83.2 Å². The molecule has 0 saturated heterocycles. The van der Waals surface area contributed by atoms with Gasteiger partial charge in [0.2, 0.25) is 0 Å². The monoisotopic (exact) mass is 888 g/mol. The molecule has 1 unspecified atom stereocenters. The van der Waals surface area contributed by atoms with E-state index in [-0.39, 0.29) is 0 Å². The molecule has 0 aliphatic carbocycles. The number of hydrogen-bond acceptors (Lipinski definition) is 8. The Morgan fingerprint density at radius 2 is 0.778 bits per heavy atom. The van der Waals surface area contributed by atoms with Crippen LogP contribution in [0.4, 0.5) is 0 Å². The molecule has 10 heteroatoms. The third kappa shape index (κ3) is 10.5. The molecule has 6 aromatic rings. The molecule has 63 heavy (non-hydrogen) atoms. The Hall–Kier alpha value is -4.30. The standard InChI is InChI=1S/C53H62O8P2/c1-49(2,38-21-13-9-14-22-38)42-29-31-44(45(33-42)51(5,6)40-25-17-11-18-26-40)48(53(35-54,36-59-62(55)56)37-60-63(57)58)61-47-32-30-43(50(3,4)39-23-15-10-16-24-39)34-46(47)52(7,8)41-27-19-12-20-28-41/h9-34,48,54-58H,35-37H2,1-8H3. The van der Waals surface area contributed by atoms with Gasteiger partial charge in [0.05, 0.1) is 25.2 Å². The van der Waals surface area contributed by atoms with Crippen molar-refractivity contribution in [3.05, 3.63) is 208 Å². The first-order chi connectivity index (χ1) is 29.8. The fourth-order valence-corrected chi connectivity index (χ4v) is 9.42. The smallest absolute Gasteiger partial charge is 0.327 e. The molecule has 8 nitrogen and oxygen atoms in total. The Labute approximate surface area is 376 Å². The fourth-order valence-electron chi connectivity index (χ4n) is 8.67. The lowest BCUT2D eigenvalue weighted by Gasteiger charge is -2.43. The molecule has 332 valence electrons. The van der Waals surface area contributed by atoms with Crippen LogP contribution < -0.4 is 4.74 Å². The molecule has 0 aliphatic rings. The van der Waals surface area contributed by atoms with Crippen LogP contribution in [-0.2, 0) is 30.7 Å². The van der Waals surface area contributed by atoms with Gasteiger partial charge in [-0.1, -0.05) is 207 Å². The third-order valence-electron chi connectivity index (χ3n) is 13.1. The second-order valence-corrected chi connectivity index (χ2v) is 20.1. The van der Waals surface area contributed by atoms with E-state index < -0.39 is 70.2 Å². The molecule has 6 aromatic carbocycles. The Balaban J connectivity index is 1.67. The van der Waals surface area contributed by atoms with Crippen LogP contribution in [0.3, 0.4) is 0 Å². The summed E-state index contributed by atoms with van der Waals surface area (Å²) in [6.07, 6.45) is -1.13. The van der Waals surface area contributed by atoms with Gasteiger partial charge in [0.15, 0.2) is 0 Å². The van der Waals surface area contributed by atoms with Gasteiger partial charge < -0.3 is 38.5 Å². The van der Waals surface area contributed by atoms with Crippen LogP contribution in [0.15, 0.2) is 158 Å². The van der Waals surface area contributed by atoms with E-state index in [9.17, 15) is 24.7 Å². The number of ether oxygens (including phenoxy) is 1. The van der Waals surface area contributed by atoms with Gasteiger partial charge in [0.25, 0.3) is 0 Å². The van der Waals surface area contributed by atoms with E-state index in [0.29, 0.717) is 11.3 Å². The summed E-state index contributed by atoms with van der Waals surface area (Å²) in [6.45, 7) is 15.8. The van der Waals surface area contributed by atoms with Gasteiger partial charge in [-0.25, -0.2) is 0 Å². The second kappa shape index (κ2) is 19.8. The Bertz CT molecular complexity index is 2370. The first-order valence-electron chi connectivity index (χ1n) is 21.3. The minimum absolute atomic E-state index is 0.398. The van der Waals surface area contributed by atoms with Crippen molar-refractivity contribution in [2.75, 3.05) is 19.8 Å².